The third-order valence-electron chi connectivity index (χ3n) is 4.95. The van der Waals surface area contributed by atoms with Crippen molar-refractivity contribution in [3.05, 3.63) is 89.5 Å². The monoisotopic (exact) mass is 428 g/mol. The number of amides is 1. The van der Waals surface area contributed by atoms with Gasteiger partial charge in [-0.2, -0.15) is 0 Å². The maximum atomic E-state index is 12.3. The zero-order valence-electron chi connectivity index (χ0n) is 16.5. The molecule has 152 valence electrons. The number of carbonyl (C=O) groups is 1. The molecule has 31 heavy (non-hydrogen) atoms. The lowest BCUT2D eigenvalue weighted by atomic mass is 10.1. The summed E-state index contributed by atoms with van der Waals surface area (Å²) in [5.41, 5.74) is 5.91. The number of anilines is 1. The number of halogens is 1. The molecule has 0 atom stereocenters. The number of pyridine rings is 1. The minimum atomic E-state index is -0.340. The Labute approximate surface area is 182 Å². The van der Waals surface area contributed by atoms with E-state index in [1.165, 1.54) is 11.8 Å². The van der Waals surface area contributed by atoms with Gasteiger partial charge in [-0.15, -0.1) is 0 Å². The third kappa shape index (κ3) is 3.81. The second kappa shape index (κ2) is 7.74. The number of aromatic nitrogens is 3. The van der Waals surface area contributed by atoms with E-state index in [9.17, 15) is 4.79 Å². The number of nitrogens with one attached hydrogen (secondary N) is 2. The van der Waals surface area contributed by atoms with Crippen LogP contribution in [0, 0.1) is 6.92 Å². The van der Waals surface area contributed by atoms with E-state index in [0.717, 1.165) is 16.6 Å². The number of hydrogen-bond acceptors (Lipinski definition) is 4. The number of hydrogen-bond donors (Lipinski definition) is 2. The largest absolute Gasteiger partial charge is 0.459 e. The Hall–Kier alpha value is -3.90. The molecule has 5 aromatic rings. The quantitative estimate of drug-likeness (QED) is 0.362. The summed E-state index contributed by atoms with van der Waals surface area (Å²) in [6.07, 6.45) is 3.26. The molecule has 0 aliphatic carbocycles. The highest BCUT2D eigenvalue weighted by atomic mass is 35.5. The van der Waals surface area contributed by atoms with Crippen molar-refractivity contribution in [1.82, 2.24) is 15.0 Å². The molecule has 2 aromatic carbocycles. The fourth-order valence-electron chi connectivity index (χ4n) is 3.32. The first-order valence-electron chi connectivity index (χ1n) is 9.64. The summed E-state index contributed by atoms with van der Waals surface area (Å²) in [7, 11) is 0. The molecule has 7 heteroatoms. The van der Waals surface area contributed by atoms with Crippen LogP contribution < -0.4 is 5.32 Å². The zero-order valence-corrected chi connectivity index (χ0v) is 17.3. The Morgan fingerprint density at radius 1 is 1.06 bits per heavy atom. The lowest BCUT2D eigenvalue weighted by Crippen LogP contribution is -2.10. The molecule has 0 aliphatic heterocycles. The Kier molecular flexibility index (Phi) is 4.76. The molecule has 2 N–H and O–H groups in total. The van der Waals surface area contributed by atoms with Crippen LogP contribution in [-0.4, -0.2) is 20.9 Å². The van der Waals surface area contributed by atoms with Gasteiger partial charge in [-0.25, -0.2) is 9.97 Å². The average Bonchev–Trinajstić information content (AvgIpc) is 3.45. The lowest BCUT2D eigenvalue weighted by molar-refractivity contribution is 0.0996. The molecule has 0 spiro atoms. The normalized spacial score (nSPS) is 11.0. The lowest BCUT2D eigenvalue weighted by Gasteiger charge is -2.07. The standard InChI is InChI=1S/C24H17ClN4O2/c1-14-4-6-15(7-5-14)16-11-20-23(26-13-16)29-22(28-20)18-12-17(8-9-19(18)25)27-24(30)21-3-2-10-31-21/h2-13H,1H3,(H,27,30)(H,26,28,29). The van der Waals surface area contributed by atoms with E-state index in [1.807, 2.05) is 6.07 Å². The molecule has 0 bridgehead atoms. The Morgan fingerprint density at radius 3 is 2.68 bits per heavy atom. The van der Waals surface area contributed by atoms with Crippen molar-refractivity contribution < 1.29 is 9.21 Å². The maximum absolute atomic E-state index is 12.3. The molecule has 5 rings (SSSR count). The molecule has 0 aliphatic rings. The molecule has 6 nitrogen and oxygen atoms in total. The van der Waals surface area contributed by atoms with Crippen molar-refractivity contribution in [3.63, 3.8) is 0 Å². The van der Waals surface area contributed by atoms with Gasteiger partial charge in [0.05, 0.1) is 16.8 Å². The molecule has 0 saturated heterocycles. The summed E-state index contributed by atoms with van der Waals surface area (Å²) in [6, 6.07) is 18.8. The molecular formula is C24H17ClN4O2. The van der Waals surface area contributed by atoms with Crippen LogP contribution in [0.3, 0.4) is 0 Å². The van der Waals surface area contributed by atoms with Crippen LogP contribution in [-0.2, 0) is 0 Å². The van der Waals surface area contributed by atoms with E-state index in [2.05, 4.69) is 51.5 Å². The number of aryl methyl sites for hydroxylation is 1. The molecule has 3 heterocycles. The van der Waals surface area contributed by atoms with Gasteiger partial charge in [-0.05, 0) is 48.9 Å². The van der Waals surface area contributed by atoms with Crippen LogP contribution >= 0.6 is 11.6 Å². The summed E-state index contributed by atoms with van der Waals surface area (Å²) in [5.74, 6) is 0.461. The van der Waals surface area contributed by atoms with Gasteiger partial charge in [0.25, 0.3) is 5.91 Å². The van der Waals surface area contributed by atoms with Crippen LogP contribution in [0.1, 0.15) is 16.1 Å². The number of fused-ring (bicyclic) bond motifs is 1. The number of aromatic amines is 1. The fraction of sp³-hybridized carbons (Fsp3) is 0.0417. The predicted octanol–water partition coefficient (Wildman–Crippen LogP) is 6.10. The van der Waals surface area contributed by atoms with Crippen molar-refractivity contribution in [3.8, 4) is 22.5 Å². The van der Waals surface area contributed by atoms with Crippen LogP contribution in [0.4, 0.5) is 5.69 Å². The minimum Gasteiger partial charge on any atom is -0.459 e. The topological polar surface area (TPSA) is 83.8 Å². The minimum absolute atomic E-state index is 0.230. The molecule has 0 fully saturated rings. The molecule has 0 unspecified atom stereocenters. The number of rotatable bonds is 4. The van der Waals surface area contributed by atoms with Crippen LogP contribution in [0.25, 0.3) is 33.7 Å². The number of furan rings is 1. The highest BCUT2D eigenvalue weighted by molar-refractivity contribution is 6.33. The molecule has 0 saturated carbocycles. The summed E-state index contributed by atoms with van der Waals surface area (Å²) in [5, 5.41) is 3.31. The highest BCUT2D eigenvalue weighted by Crippen LogP contribution is 2.31. The number of H-pyrrole nitrogens is 1. The first-order chi connectivity index (χ1) is 15.1. The van der Waals surface area contributed by atoms with E-state index in [-0.39, 0.29) is 11.7 Å². The molecular weight excluding hydrogens is 412 g/mol. The van der Waals surface area contributed by atoms with Gasteiger partial charge in [0.15, 0.2) is 11.4 Å². The van der Waals surface area contributed by atoms with Crippen molar-refractivity contribution in [1.29, 1.82) is 0 Å². The Bertz CT molecular complexity index is 1390. The van der Waals surface area contributed by atoms with Gasteiger partial charge in [0.2, 0.25) is 0 Å². The molecule has 0 radical (unpaired) electrons. The van der Waals surface area contributed by atoms with E-state index in [1.54, 1.807) is 36.5 Å². The van der Waals surface area contributed by atoms with Gasteiger partial charge in [-0.3, -0.25) is 4.79 Å². The summed E-state index contributed by atoms with van der Waals surface area (Å²) in [6.45, 7) is 2.06. The number of nitrogens with zero attached hydrogens (tertiary/aromatic N) is 2. The van der Waals surface area contributed by atoms with Gasteiger partial charge in [0.1, 0.15) is 5.82 Å². The summed E-state index contributed by atoms with van der Waals surface area (Å²) >= 11 is 6.42. The van der Waals surface area contributed by atoms with Gasteiger partial charge < -0.3 is 14.7 Å². The van der Waals surface area contributed by atoms with Crippen LogP contribution in [0.5, 0.6) is 0 Å². The van der Waals surface area contributed by atoms with E-state index < -0.39 is 0 Å². The second-order valence-corrected chi connectivity index (χ2v) is 7.58. The Balaban J connectivity index is 1.48. The van der Waals surface area contributed by atoms with Crippen LogP contribution in [0.2, 0.25) is 5.02 Å². The number of imidazole rings is 1. The van der Waals surface area contributed by atoms with Gasteiger partial charge in [-0.1, -0.05) is 41.4 Å². The number of carbonyl (C=O) groups excluding carboxylic acids is 1. The maximum Gasteiger partial charge on any atom is 0.291 e. The smallest absolute Gasteiger partial charge is 0.291 e. The van der Waals surface area contributed by atoms with Gasteiger partial charge in [0, 0.05) is 23.0 Å². The van der Waals surface area contributed by atoms with Crippen molar-refractivity contribution in [2.75, 3.05) is 5.32 Å². The zero-order chi connectivity index (χ0) is 21.4. The molecule has 3 aromatic heterocycles. The van der Waals surface area contributed by atoms with E-state index in [0.29, 0.717) is 27.7 Å². The van der Waals surface area contributed by atoms with Crippen molar-refractivity contribution in [2.24, 2.45) is 0 Å². The summed E-state index contributed by atoms with van der Waals surface area (Å²) in [4.78, 5) is 24.6. The third-order valence-corrected chi connectivity index (χ3v) is 5.28. The number of benzene rings is 2. The molecule has 1 amide bonds. The fourth-order valence-corrected chi connectivity index (χ4v) is 3.52. The van der Waals surface area contributed by atoms with E-state index >= 15 is 0 Å². The average molecular weight is 429 g/mol. The van der Waals surface area contributed by atoms with Crippen molar-refractivity contribution >= 4 is 34.4 Å². The highest BCUT2D eigenvalue weighted by Gasteiger charge is 2.14. The Morgan fingerprint density at radius 2 is 1.90 bits per heavy atom. The van der Waals surface area contributed by atoms with E-state index in [4.69, 9.17) is 16.0 Å². The van der Waals surface area contributed by atoms with Gasteiger partial charge >= 0.3 is 0 Å². The first kappa shape index (κ1) is 19.1. The van der Waals surface area contributed by atoms with Crippen molar-refractivity contribution in [2.45, 2.75) is 6.92 Å². The summed E-state index contributed by atoms with van der Waals surface area (Å²) < 4.78 is 5.14. The second-order valence-electron chi connectivity index (χ2n) is 7.17. The van der Waals surface area contributed by atoms with Crippen LogP contribution in [0.15, 0.2) is 77.5 Å². The first-order valence-corrected chi connectivity index (χ1v) is 10.0. The predicted molar refractivity (Wildman–Crippen MR) is 121 cm³/mol. The SMILES string of the molecule is Cc1ccc(-c2cnc3nc(-c4cc(NC(=O)c5ccco5)ccc4Cl)[nH]c3c2)cc1.